The van der Waals surface area contributed by atoms with E-state index >= 15 is 0 Å². The summed E-state index contributed by atoms with van der Waals surface area (Å²) >= 11 is 0. The average Bonchev–Trinajstić information content (AvgIpc) is 4.08. The molecule has 2 unspecified atom stereocenters. The van der Waals surface area contributed by atoms with Gasteiger partial charge in [-0.25, -0.2) is 19.4 Å². The summed E-state index contributed by atoms with van der Waals surface area (Å²) in [5.74, 6) is 0.139. The fourth-order valence-corrected chi connectivity index (χ4v) is 11.0. The number of nitrogens with one attached hydrogen (secondary N) is 2. The molecule has 0 bridgehead atoms. The number of phenols is 2. The maximum absolute atomic E-state index is 14.0. The number of benzene rings is 4. The van der Waals surface area contributed by atoms with Gasteiger partial charge in [0.1, 0.15) is 22.8 Å². The van der Waals surface area contributed by atoms with E-state index in [1.54, 1.807) is 6.07 Å². The van der Waals surface area contributed by atoms with Gasteiger partial charge in [-0.2, -0.15) is 5.10 Å². The van der Waals surface area contributed by atoms with E-state index in [0.29, 0.717) is 60.6 Å². The summed E-state index contributed by atoms with van der Waals surface area (Å²) in [5.41, 5.74) is 3.17. The number of aromatic hydroxyl groups is 2. The summed E-state index contributed by atoms with van der Waals surface area (Å²) in [5, 5.41) is 43.9. The van der Waals surface area contributed by atoms with Gasteiger partial charge in [-0.3, -0.25) is 14.6 Å². The summed E-state index contributed by atoms with van der Waals surface area (Å²) < 4.78 is 17.4. The molecule has 2 aliphatic rings. The molecule has 16 nitrogen and oxygen atoms in total. The van der Waals surface area contributed by atoms with Gasteiger partial charge in [-0.15, -0.1) is 0 Å². The van der Waals surface area contributed by atoms with Crippen LogP contribution in [-0.2, 0) is 27.9 Å². The number of fused-ring (bicyclic) bond motifs is 1. The molecule has 75 heavy (non-hydrogen) atoms. The van der Waals surface area contributed by atoms with Crippen LogP contribution in [0, 0.1) is 11.8 Å². The number of carbonyl (C=O) groups excluding carboxylic acids is 2. The molecule has 0 radical (unpaired) electrons. The number of piperidine rings is 1. The minimum Gasteiger partial charge on any atom is -0.508 e. The Labute approximate surface area is 438 Å². The van der Waals surface area contributed by atoms with E-state index in [1.165, 1.54) is 29.2 Å². The molecule has 2 aliphatic heterocycles. The van der Waals surface area contributed by atoms with Gasteiger partial charge in [0.05, 0.1) is 35.2 Å². The summed E-state index contributed by atoms with van der Waals surface area (Å²) in [6, 6.07) is 27.7. The van der Waals surface area contributed by atoms with Crippen molar-refractivity contribution in [3.05, 3.63) is 154 Å². The van der Waals surface area contributed by atoms with Crippen molar-refractivity contribution in [3.63, 3.8) is 0 Å². The molecule has 0 spiro atoms. The van der Waals surface area contributed by atoms with E-state index in [4.69, 9.17) is 9.31 Å². The fraction of sp³-hybridized carbons (Fsp3) is 0.414. The molecule has 5 heterocycles. The number of aromatic amines is 1. The van der Waals surface area contributed by atoms with Crippen LogP contribution in [0.1, 0.15) is 124 Å². The minimum atomic E-state index is -0.934. The summed E-state index contributed by atoms with van der Waals surface area (Å²) in [7, 11) is -0.649. The van der Waals surface area contributed by atoms with Crippen LogP contribution in [0.15, 0.2) is 121 Å². The first-order chi connectivity index (χ1) is 35.9. The van der Waals surface area contributed by atoms with E-state index < -0.39 is 42.1 Å². The highest BCUT2D eigenvalue weighted by atomic mass is 16.7. The van der Waals surface area contributed by atoms with Gasteiger partial charge >= 0.3 is 12.8 Å². The Morgan fingerprint density at radius 1 is 0.893 bits per heavy atom. The smallest absolute Gasteiger partial charge is 0.461 e. The molecule has 17 heteroatoms. The van der Waals surface area contributed by atoms with Gasteiger partial charge < -0.3 is 39.4 Å². The second-order valence-corrected chi connectivity index (χ2v) is 21.8. The Morgan fingerprint density at radius 3 is 2.33 bits per heavy atom. The van der Waals surface area contributed by atoms with E-state index in [9.17, 15) is 29.7 Å². The van der Waals surface area contributed by atoms with Crippen molar-refractivity contribution >= 4 is 29.8 Å². The zero-order chi connectivity index (χ0) is 53.2. The first-order valence-electron chi connectivity index (χ1n) is 26.3. The molecular weight excluding hydrogens is 947 g/mol. The Hall–Kier alpha value is -7.08. The number of aliphatic hydroxyl groups excluding tert-OH is 1. The van der Waals surface area contributed by atoms with Gasteiger partial charge in [0.2, 0.25) is 0 Å². The lowest BCUT2D eigenvalue weighted by Crippen LogP contribution is -2.46. The molecule has 392 valence electrons. The molecule has 2 fully saturated rings. The lowest BCUT2D eigenvalue weighted by atomic mass is 9.65. The van der Waals surface area contributed by atoms with Crippen LogP contribution in [0.4, 0.5) is 0 Å². The molecule has 9 rings (SSSR count). The number of likely N-dealkylation sites (tertiary alicyclic amines) is 1. The third kappa shape index (κ3) is 11.3. The van der Waals surface area contributed by atoms with Crippen molar-refractivity contribution in [2.24, 2.45) is 11.8 Å². The van der Waals surface area contributed by atoms with Gasteiger partial charge in [0.25, 0.3) is 11.8 Å². The first-order valence-corrected chi connectivity index (χ1v) is 26.3. The second-order valence-electron chi connectivity index (χ2n) is 21.8. The minimum absolute atomic E-state index is 0.00130. The molecule has 0 aliphatic carbocycles. The van der Waals surface area contributed by atoms with Gasteiger partial charge in [-0.05, 0) is 142 Å². The fourth-order valence-electron chi connectivity index (χ4n) is 11.0. The number of hydrogen-bond donors (Lipinski definition) is 5. The number of nitrogens with zero attached hydrogens (tertiary/aromatic N) is 6. The van der Waals surface area contributed by atoms with Crippen molar-refractivity contribution < 1.29 is 34.2 Å². The number of aryl methyl sites for hydroxylation is 1. The number of aromatic nitrogens is 6. The normalized spacial score (nSPS) is 18.2. The highest BCUT2D eigenvalue weighted by Gasteiger charge is 2.57. The number of phenolic OH excluding ortho intramolecular Hbond substituents is 2. The zero-order valence-electron chi connectivity index (χ0n) is 43.9. The molecule has 0 saturated carbocycles. The van der Waals surface area contributed by atoms with E-state index in [-0.39, 0.29) is 46.6 Å². The largest absolute Gasteiger partial charge is 0.508 e. The Bertz CT molecular complexity index is 3170. The van der Waals surface area contributed by atoms with Gasteiger partial charge in [0, 0.05) is 60.8 Å². The third-order valence-electron chi connectivity index (χ3n) is 15.5. The first kappa shape index (κ1) is 52.8. The van der Waals surface area contributed by atoms with Crippen LogP contribution < -0.4 is 11.0 Å². The van der Waals surface area contributed by atoms with Crippen LogP contribution in [0.5, 0.6) is 11.5 Å². The van der Waals surface area contributed by atoms with Crippen molar-refractivity contribution in [3.8, 4) is 28.6 Å². The number of aliphatic hydroxyl groups is 1. The van der Waals surface area contributed by atoms with Crippen molar-refractivity contribution in [1.29, 1.82) is 0 Å². The Kier molecular flexibility index (Phi) is 15.5. The number of carbonyl (C=O) groups is 2. The number of rotatable bonds is 18. The van der Waals surface area contributed by atoms with E-state index in [1.807, 2.05) is 118 Å². The predicted octanol–water partition coefficient (Wildman–Crippen LogP) is 9.19. The molecule has 3 aromatic heterocycles. The molecule has 4 aromatic carbocycles. The highest BCUT2D eigenvalue weighted by molar-refractivity contribution is 6.47. The molecular formula is C58H69BN8O8. The second kappa shape index (κ2) is 22.0. The third-order valence-corrected chi connectivity index (χ3v) is 15.5. The quantitative estimate of drug-likeness (QED) is 0.0512. The number of H-pyrrole nitrogens is 1. The van der Waals surface area contributed by atoms with Crippen molar-refractivity contribution in [1.82, 2.24) is 39.5 Å². The molecule has 5 N–H and O–H groups in total. The maximum atomic E-state index is 14.0. The lowest BCUT2D eigenvalue weighted by molar-refractivity contribution is -0.0133. The average molecular weight is 1020 g/mol. The molecule has 2 amide bonds. The summed E-state index contributed by atoms with van der Waals surface area (Å²) in [6.45, 7) is 16.4. The SMILES string of the molecule is CC(C)C[C@H](CC(O)[C@H](Cc1ccccc1)NC(=O)c1cnccn1)B1OC(C)(C)C(C)(c2ccc(C(=O)N3CCC(CCn4ccc5cc(-n6c(-c7cc(C(C)C)c(O)cc7O)n[nH]c6=O)ccc54)CC3)cc2)O1. The monoisotopic (exact) mass is 1020 g/mol. The van der Waals surface area contributed by atoms with Crippen LogP contribution in [0.25, 0.3) is 28.0 Å². The topological polar surface area (TPSA) is 210 Å². The maximum Gasteiger partial charge on any atom is 0.461 e. The van der Waals surface area contributed by atoms with Crippen LogP contribution >= 0.6 is 0 Å². The van der Waals surface area contributed by atoms with Crippen molar-refractivity contribution in [2.75, 3.05) is 13.1 Å². The summed E-state index contributed by atoms with van der Waals surface area (Å²) in [6.07, 6.45) is 9.71. The number of amides is 2. The number of hydrogen-bond acceptors (Lipinski definition) is 11. The summed E-state index contributed by atoms with van der Waals surface area (Å²) in [4.78, 5) is 50.6. The highest BCUT2D eigenvalue weighted by Crippen LogP contribution is 2.49. The van der Waals surface area contributed by atoms with E-state index in [2.05, 4.69) is 50.1 Å². The molecule has 7 aromatic rings. The lowest BCUT2D eigenvalue weighted by Gasteiger charge is -2.37. The van der Waals surface area contributed by atoms with Gasteiger partial charge in [0.15, 0.2) is 5.82 Å². The standard InChI is InChI=1S/C58H69BN8O8/c1-36(2)29-43(32-52(70)47(30-39-11-9-8-10-12-39)62-54(71)48-35-60-23-24-61-48)59-74-57(5,6)58(7,75-59)42-15-13-40(14-16-42)55(72)66-26-20-38(21-27-66)19-25-65-28-22-41-31-44(17-18-49(41)65)67-53(63-64-56(67)73)46-33-45(37(3)4)50(68)34-51(46)69/h8-18,22-24,28,31,33-38,43,47,52,68-70H,19-21,25-27,29-30,32H2,1-7H3,(H,62,71)(H,64,73)/t43-,47+,52?,58?/m1/s1. The zero-order valence-corrected chi connectivity index (χ0v) is 43.9. The van der Waals surface area contributed by atoms with Crippen LogP contribution in [0.2, 0.25) is 5.82 Å². The molecule has 2 saturated heterocycles. The van der Waals surface area contributed by atoms with Gasteiger partial charge in [-0.1, -0.05) is 70.2 Å². The molecule has 4 atom stereocenters. The Morgan fingerprint density at radius 2 is 1.64 bits per heavy atom. The van der Waals surface area contributed by atoms with Crippen LogP contribution in [0.3, 0.4) is 0 Å². The van der Waals surface area contributed by atoms with Crippen LogP contribution in [-0.4, -0.2) is 99.3 Å². The predicted molar refractivity (Wildman–Crippen MR) is 289 cm³/mol. The van der Waals surface area contributed by atoms with Crippen molar-refractivity contribution in [2.45, 2.75) is 129 Å². The Balaban J connectivity index is 0.811. The van der Waals surface area contributed by atoms with E-state index in [0.717, 1.165) is 47.8 Å².